The van der Waals surface area contributed by atoms with Crippen molar-refractivity contribution in [1.29, 1.82) is 0 Å². The minimum atomic E-state index is -0.835. The number of carboxylic acids is 1. The molecule has 19 heavy (non-hydrogen) atoms. The van der Waals surface area contributed by atoms with Gasteiger partial charge in [-0.25, -0.2) is 4.79 Å². The average molecular weight is 295 g/mol. The monoisotopic (exact) mass is 294 g/mol. The molecule has 0 aromatic rings. The van der Waals surface area contributed by atoms with Gasteiger partial charge in [-0.1, -0.05) is 77.2 Å². The first kappa shape index (κ1) is 22.1. The van der Waals surface area contributed by atoms with Crippen molar-refractivity contribution in [2.45, 2.75) is 84.0 Å². The Labute approximate surface area is 163 Å². The van der Waals surface area contributed by atoms with Gasteiger partial charge < -0.3 is 6.53 Å². The minimum Gasteiger partial charge on any atom is -1.00 e. The third kappa shape index (κ3) is 21.3. The van der Waals surface area contributed by atoms with E-state index >= 15 is 0 Å². The molecule has 108 valence electrons. The number of unbranched alkanes of at least 4 members (excludes halogenated alkanes) is 11. The Morgan fingerprint density at radius 1 is 0.895 bits per heavy atom. The molecule has 0 aromatic carbocycles. The van der Waals surface area contributed by atoms with E-state index in [1.165, 1.54) is 70.3 Å². The first-order valence-corrected chi connectivity index (χ1v) is 7.67. The topological polar surface area (TPSA) is 37.3 Å². The minimum absolute atomic E-state index is 0. The summed E-state index contributed by atoms with van der Waals surface area (Å²) in [4.78, 5) is 10.2. The van der Waals surface area contributed by atoms with Gasteiger partial charge in [-0.3, -0.25) is 0 Å². The normalized spacial score (nSPS) is 10.6. The predicted octanol–water partition coefficient (Wildman–Crippen LogP) is 2.44. The van der Waals surface area contributed by atoms with Gasteiger partial charge in [-0.15, -0.1) is 0 Å². The standard InChI is InChI=1S/C16H30O2.K.H/c1-2-3-4-5-6-7-8-9-10-11-12-13-14-15-16(17)18;;/h14-15H,2-13H2,1H3,(H,17,18);;/q;+1;-1. The zero-order valence-corrected chi connectivity index (χ0v) is 16.1. The molecule has 1 N–H and O–H groups in total. The van der Waals surface area contributed by atoms with Gasteiger partial charge >= 0.3 is 57.4 Å². The maximum absolute atomic E-state index is 10.2. The van der Waals surface area contributed by atoms with Crippen molar-refractivity contribution in [2.24, 2.45) is 0 Å². The van der Waals surface area contributed by atoms with E-state index in [0.717, 1.165) is 12.8 Å². The van der Waals surface area contributed by atoms with E-state index in [-0.39, 0.29) is 52.8 Å². The molecular formula is C16H31KO2. The fourth-order valence-corrected chi connectivity index (χ4v) is 2.11. The van der Waals surface area contributed by atoms with Gasteiger partial charge in [0, 0.05) is 6.08 Å². The molecule has 0 aliphatic carbocycles. The van der Waals surface area contributed by atoms with Crippen molar-refractivity contribution < 1.29 is 62.7 Å². The van der Waals surface area contributed by atoms with E-state index in [1.807, 2.05) is 0 Å². The molecular weight excluding hydrogens is 263 g/mol. The Morgan fingerprint density at radius 3 is 1.74 bits per heavy atom. The second-order valence-electron chi connectivity index (χ2n) is 5.06. The fraction of sp³-hybridized carbons (Fsp3) is 0.812. The number of carbonyl (C=O) groups is 1. The predicted molar refractivity (Wildman–Crippen MR) is 79.0 cm³/mol. The summed E-state index contributed by atoms with van der Waals surface area (Å²) in [7, 11) is 0. The summed E-state index contributed by atoms with van der Waals surface area (Å²) in [5.74, 6) is -0.835. The van der Waals surface area contributed by atoms with E-state index in [1.54, 1.807) is 6.08 Å². The molecule has 0 aliphatic rings. The molecule has 0 rings (SSSR count). The van der Waals surface area contributed by atoms with Gasteiger partial charge in [-0.05, 0) is 12.8 Å². The first-order chi connectivity index (χ1) is 8.77. The van der Waals surface area contributed by atoms with Crippen molar-refractivity contribution >= 4 is 5.97 Å². The summed E-state index contributed by atoms with van der Waals surface area (Å²) >= 11 is 0. The summed E-state index contributed by atoms with van der Waals surface area (Å²) in [5, 5.41) is 8.40. The molecule has 0 saturated carbocycles. The van der Waals surface area contributed by atoms with Crippen molar-refractivity contribution in [3.05, 3.63) is 12.2 Å². The van der Waals surface area contributed by atoms with Crippen LogP contribution in [0.5, 0.6) is 0 Å². The van der Waals surface area contributed by atoms with Crippen LogP contribution >= 0.6 is 0 Å². The molecule has 0 heterocycles. The molecule has 0 aromatic heterocycles. The zero-order chi connectivity index (χ0) is 13.5. The van der Waals surface area contributed by atoms with E-state index in [2.05, 4.69) is 6.92 Å². The summed E-state index contributed by atoms with van der Waals surface area (Å²) in [6, 6.07) is 0. The molecule has 2 nitrogen and oxygen atoms in total. The molecule has 3 heteroatoms. The average Bonchev–Trinajstić information content (AvgIpc) is 2.34. The van der Waals surface area contributed by atoms with Gasteiger partial charge in [-0.2, -0.15) is 0 Å². The van der Waals surface area contributed by atoms with Crippen LogP contribution in [0.2, 0.25) is 0 Å². The first-order valence-electron chi connectivity index (χ1n) is 7.67. The molecule has 0 aliphatic heterocycles. The second kappa shape index (κ2) is 18.8. The summed E-state index contributed by atoms with van der Waals surface area (Å²) in [5.41, 5.74) is 0. The molecule has 0 unspecified atom stereocenters. The van der Waals surface area contributed by atoms with Gasteiger partial charge in [0.15, 0.2) is 0 Å². The third-order valence-electron chi connectivity index (χ3n) is 3.23. The number of hydrogen-bond donors (Lipinski definition) is 1. The van der Waals surface area contributed by atoms with Crippen LogP contribution in [0.15, 0.2) is 12.2 Å². The summed E-state index contributed by atoms with van der Waals surface area (Å²) in [6.07, 6.45) is 18.6. The van der Waals surface area contributed by atoms with Crippen LogP contribution in [0.25, 0.3) is 0 Å². The number of allylic oxidation sites excluding steroid dienone is 1. The van der Waals surface area contributed by atoms with Crippen LogP contribution in [-0.4, -0.2) is 11.1 Å². The third-order valence-corrected chi connectivity index (χ3v) is 3.23. The molecule has 0 spiro atoms. The van der Waals surface area contributed by atoms with Gasteiger partial charge in [0.2, 0.25) is 0 Å². The maximum Gasteiger partial charge on any atom is 1.00 e. The Hall–Kier alpha value is 0.846. The SMILES string of the molecule is CCCCCCCCCCCCCC=CC(=O)O.[H-].[K+]. The number of aliphatic carboxylic acids is 1. The van der Waals surface area contributed by atoms with Crippen molar-refractivity contribution in [3.8, 4) is 0 Å². The van der Waals surface area contributed by atoms with Crippen LogP contribution in [-0.2, 0) is 4.79 Å². The van der Waals surface area contributed by atoms with Crippen molar-refractivity contribution in [3.63, 3.8) is 0 Å². The van der Waals surface area contributed by atoms with E-state index in [9.17, 15) is 4.79 Å². The molecule has 0 radical (unpaired) electrons. The fourth-order valence-electron chi connectivity index (χ4n) is 2.11. The quantitative estimate of drug-likeness (QED) is 0.322. The van der Waals surface area contributed by atoms with E-state index in [4.69, 9.17) is 5.11 Å². The van der Waals surface area contributed by atoms with Crippen LogP contribution in [0.4, 0.5) is 0 Å². The Kier molecular flexibility index (Phi) is 22.0. The smallest absolute Gasteiger partial charge is 1.00 e. The van der Waals surface area contributed by atoms with Crippen LogP contribution in [0.3, 0.4) is 0 Å². The summed E-state index contributed by atoms with van der Waals surface area (Å²) in [6.45, 7) is 2.26. The molecule has 0 fully saturated rings. The molecule has 0 bridgehead atoms. The number of carboxylic acid groups (broad SMARTS) is 1. The Balaban J connectivity index is -0.00000144. The van der Waals surface area contributed by atoms with Crippen LogP contribution in [0.1, 0.15) is 85.4 Å². The second-order valence-corrected chi connectivity index (χ2v) is 5.06. The Morgan fingerprint density at radius 2 is 1.32 bits per heavy atom. The van der Waals surface area contributed by atoms with Crippen LogP contribution < -0.4 is 51.4 Å². The number of hydrogen-bond acceptors (Lipinski definition) is 1. The maximum atomic E-state index is 10.2. The van der Waals surface area contributed by atoms with Gasteiger partial charge in [0.25, 0.3) is 0 Å². The van der Waals surface area contributed by atoms with Crippen LogP contribution in [0, 0.1) is 0 Å². The van der Waals surface area contributed by atoms with E-state index < -0.39 is 5.97 Å². The largest absolute Gasteiger partial charge is 1.00 e. The van der Waals surface area contributed by atoms with Crippen molar-refractivity contribution in [1.82, 2.24) is 0 Å². The molecule has 0 saturated heterocycles. The molecule has 0 atom stereocenters. The molecule has 0 amide bonds. The summed E-state index contributed by atoms with van der Waals surface area (Å²) < 4.78 is 0. The zero-order valence-electron chi connectivity index (χ0n) is 14.0. The number of rotatable bonds is 13. The van der Waals surface area contributed by atoms with Gasteiger partial charge in [0.05, 0.1) is 0 Å². The van der Waals surface area contributed by atoms with E-state index in [0.29, 0.717) is 0 Å². The Bertz CT molecular complexity index is 221. The van der Waals surface area contributed by atoms with Gasteiger partial charge in [0.1, 0.15) is 0 Å². The van der Waals surface area contributed by atoms with Crippen molar-refractivity contribution in [2.75, 3.05) is 0 Å².